The van der Waals surface area contributed by atoms with Crippen LogP contribution in [0, 0.1) is 24.0 Å². The highest BCUT2D eigenvalue weighted by Crippen LogP contribution is 2.27. The Morgan fingerprint density at radius 1 is 1.15 bits per heavy atom. The lowest BCUT2D eigenvalue weighted by Gasteiger charge is -2.07. The number of carbonyl (C=O) groups excluding carboxylic acids is 1. The molecule has 0 saturated heterocycles. The number of nitro groups is 1. The van der Waals surface area contributed by atoms with Gasteiger partial charge < -0.3 is 14.5 Å². The Morgan fingerprint density at radius 3 is 2.62 bits per heavy atom. The first-order chi connectivity index (χ1) is 16.3. The number of anilines is 1. The first kappa shape index (κ1) is 23.1. The summed E-state index contributed by atoms with van der Waals surface area (Å²) in [6.45, 7) is 4.16. The monoisotopic (exact) mass is 480 g/mol. The fourth-order valence-corrected chi connectivity index (χ4v) is 3.55. The number of nitrogens with one attached hydrogen (secondary N) is 1. The average molecular weight is 481 g/mol. The number of benzene rings is 2. The predicted molar refractivity (Wildman–Crippen MR) is 126 cm³/mol. The first-order valence-electron chi connectivity index (χ1n) is 10.4. The van der Waals surface area contributed by atoms with Gasteiger partial charge in [-0.3, -0.25) is 19.6 Å². The number of hydrogen-bond acceptors (Lipinski definition) is 6. The molecule has 0 radical (unpaired) electrons. The molecular formula is C24H21ClN4O5. The summed E-state index contributed by atoms with van der Waals surface area (Å²) < 4.78 is 12.9. The van der Waals surface area contributed by atoms with Crippen LogP contribution in [0.1, 0.15) is 33.3 Å². The van der Waals surface area contributed by atoms with E-state index < -0.39 is 10.8 Å². The van der Waals surface area contributed by atoms with Gasteiger partial charge in [0.1, 0.15) is 12.4 Å². The quantitative estimate of drug-likeness (QED) is 0.262. The molecule has 2 heterocycles. The summed E-state index contributed by atoms with van der Waals surface area (Å²) in [6, 6.07) is 16.7. The number of halogens is 1. The van der Waals surface area contributed by atoms with E-state index in [0.29, 0.717) is 28.7 Å². The lowest BCUT2D eigenvalue weighted by atomic mass is 10.2. The lowest BCUT2D eigenvalue weighted by Crippen LogP contribution is -2.12. The molecule has 10 heteroatoms. The fourth-order valence-electron chi connectivity index (χ4n) is 3.43. The van der Waals surface area contributed by atoms with Crippen LogP contribution in [0.25, 0.3) is 0 Å². The van der Waals surface area contributed by atoms with Crippen molar-refractivity contribution in [2.75, 3.05) is 5.32 Å². The summed E-state index contributed by atoms with van der Waals surface area (Å²) >= 11 is 5.95. The van der Waals surface area contributed by atoms with Crippen molar-refractivity contribution in [3.8, 4) is 5.75 Å². The number of nitro benzene ring substituents is 1. The molecule has 0 bridgehead atoms. The molecule has 9 nitrogen and oxygen atoms in total. The molecule has 0 aliphatic heterocycles. The van der Waals surface area contributed by atoms with Gasteiger partial charge in [0, 0.05) is 11.1 Å². The smallest absolute Gasteiger partial charge is 0.310 e. The normalized spacial score (nSPS) is 10.8. The van der Waals surface area contributed by atoms with Gasteiger partial charge in [-0.1, -0.05) is 35.9 Å². The average Bonchev–Trinajstić information content (AvgIpc) is 3.40. The maximum absolute atomic E-state index is 12.8. The van der Waals surface area contributed by atoms with Crippen LogP contribution in [-0.4, -0.2) is 20.6 Å². The summed E-state index contributed by atoms with van der Waals surface area (Å²) in [4.78, 5) is 23.4. The van der Waals surface area contributed by atoms with Crippen LogP contribution in [0.2, 0.25) is 5.02 Å². The Labute approximate surface area is 200 Å². The molecule has 0 unspecified atom stereocenters. The van der Waals surface area contributed by atoms with Crippen molar-refractivity contribution in [1.82, 2.24) is 9.78 Å². The number of rotatable bonds is 8. The number of nitrogens with zero attached hydrogens (tertiary/aromatic N) is 3. The summed E-state index contributed by atoms with van der Waals surface area (Å²) in [5, 5.41) is 19.2. The predicted octanol–water partition coefficient (Wildman–Crippen LogP) is 5.53. The van der Waals surface area contributed by atoms with Crippen molar-refractivity contribution in [3.63, 3.8) is 0 Å². The molecule has 34 heavy (non-hydrogen) atoms. The second kappa shape index (κ2) is 9.80. The van der Waals surface area contributed by atoms with E-state index in [1.54, 1.807) is 18.2 Å². The van der Waals surface area contributed by atoms with Crippen LogP contribution in [0.3, 0.4) is 0 Å². The van der Waals surface area contributed by atoms with E-state index in [2.05, 4.69) is 10.4 Å². The third kappa shape index (κ3) is 5.10. The van der Waals surface area contributed by atoms with Gasteiger partial charge in [0.2, 0.25) is 0 Å². The van der Waals surface area contributed by atoms with Crippen LogP contribution in [-0.2, 0) is 13.2 Å². The van der Waals surface area contributed by atoms with E-state index in [0.717, 1.165) is 11.3 Å². The standard InChI is InChI=1S/C24H21ClN4O5/c1-15-23(16(2)28(27-15)13-17-7-9-18(25)10-8-17)26-24(30)22-12-11-19(34-22)14-33-21-6-4-3-5-20(21)29(31)32/h3-12H,13-14H2,1-2H3,(H,26,30). The highest BCUT2D eigenvalue weighted by Gasteiger charge is 2.19. The zero-order chi connectivity index (χ0) is 24.2. The molecule has 0 aliphatic carbocycles. The Kier molecular flexibility index (Phi) is 6.65. The van der Waals surface area contributed by atoms with Gasteiger partial charge in [-0.2, -0.15) is 5.10 Å². The summed E-state index contributed by atoms with van der Waals surface area (Å²) in [7, 11) is 0. The molecule has 0 aliphatic rings. The van der Waals surface area contributed by atoms with Crippen molar-refractivity contribution in [2.45, 2.75) is 27.0 Å². The number of amides is 1. The minimum Gasteiger partial charge on any atom is -0.479 e. The molecule has 2 aromatic heterocycles. The van der Waals surface area contributed by atoms with Gasteiger partial charge in [-0.15, -0.1) is 0 Å². The van der Waals surface area contributed by atoms with Crippen LogP contribution in [0.15, 0.2) is 65.1 Å². The van der Waals surface area contributed by atoms with E-state index in [1.807, 2.05) is 42.8 Å². The SMILES string of the molecule is Cc1nn(Cc2ccc(Cl)cc2)c(C)c1NC(=O)c1ccc(COc2ccccc2[N+](=O)[O-])o1. The van der Waals surface area contributed by atoms with E-state index in [9.17, 15) is 14.9 Å². The topological polar surface area (TPSA) is 112 Å². The van der Waals surface area contributed by atoms with Crippen molar-refractivity contribution >= 4 is 28.9 Å². The maximum atomic E-state index is 12.8. The zero-order valence-corrected chi connectivity index (χ0v) is 19.2. The van der Waals surface area contributed by atoms with Gasteiger partial charge in [-0.05, 0) is 49.7 Å². The molecule has 4 aromatic rings. The van der Waals surface area contributed by atoms with Crippen LogP contribution in [0.4, 0.5) is 11.4 Å². The second-order valence-electron chi connectivity index (χ2n) is 7.56. The van der Waals surface area contributed by atoms with Gasteiger partial charge in [0.25, 0.3) is 5.91 Å². The van der Waals surface area contributed by atoms with Crippen LogP contribution in [0.5, 0.6) is 5.75 Å². The van der Waals surface area contributed by atoms with Crippen molar-refractivity contribution < 1.29 is 18.9 Å². The molecule has 4 rings (SSSR count). The number of aromatic nitrogens is 2. The number of aryl methyl sites for hydroxylation is 1. The van der Waals surface area contributed by atoms with Crippen molar-refractivity contribution in [1.29, 1.82) is 0 Å². The maximum Gasteiger partial charge on any atom is 0.310 e. The zero-order valence-electron chi connectivity index (χ0n) is 18.4. The molecule has 0 saturated carbocycles. The molecule has 174 valence electrons. The molecule has 0 atom stereocenters. The summed E-state index contributed by atoms with van der Waals surface area (Å²) in [6.07, 6.45) is 0. The highest BCUT2D eigenvalue weighted by molar-refractivity contribution is 6.30. The van der Waals surface area contributed by atoms with Gasteiger partial charge in [0.05, 0.1) is 28.5 Å². The lowest BCUT2D eigenvalue weighted by molar-refractivity contribution is -0.386. The van der Waals surface area contributed by atoms with Crippen LogP contribution >= 0.6 is 11.6 Å². The molecular weight excluding hydrogens is 460 g/mol. The molecule has 1 N–H and O–H groups in total. The summed E-state index contributed by atoms with van der Waals surface area (Å²) in [5.74, 6) is 0.129. The van der Waals surface area contributed by atoms with Gasteiger partial charge in [-0.25, -0.2) is 0 Å². The Balaban J connectivity index is 1.42. The molecule has 1 amide bonds. The highest BCUT2D eigenvalue weighted by atomic mass is 35.5. The Hall–Kier alpha value is -4.11. The molecule has 0 fully saturated rings. The van der Waals surface area contributed by atoms with Crippen molar-refractivity contribution in [2.24, 2.45) is 0 Å². The number of furan rings is 1. The second-order valence-corrected chi connectivity index (χ2v) is 8.00. The van der Waals surface area contributed by atoms with E-state index in [1.165, 1.54) is 18.2 Å². The number of ether oxygens (including phenoxy) is 1. The van der Waals surface area contributed by atoms with E-state index in [-0.39, 0.29) is 23.8 Å². The summed E-state index contributed by atoms with van der Waals surface area (Å²) in [5.41, 5.74) is 2.96. The minimum atomic E-state index is -0.520. The number of para-hydroxylation sites is 2. The third-order valence-corrected chi connectivity index (χ3v) is 5.43. The number of hydrogen-bond donors (Lipinski definition) is 1. The Bertz CT molecular complexity index is 1340. The van der Waals surface area contributed by atoms with Gasteiger partial charge in [0.15, 0.2) is 11.5 Å². The molecule has 0 spiro atoms. The molecule has 2 aromatic carbocycles. The van der Waals surface area contributed by atoms with E-state index in [4.69, 9.17) is 20.8 Å². The number of carbonyl (C=O) groups is 1. The first-order valence-corrected chi connectivity index (χ1v) is 10.7. The van der Waals surface area contributed by atoms with Gasteiger partial charge >= 0.3 is 5.69 Å². The third-order valence-electron chi connectivity index (χ3n) is 5.18. The minimum absolute atomic E-state index is 0.0603. The van der Waals surface area contributed by atoms with Crippen molar-refractivity contribution in [3.05, 3.63) is 104 Å². The Morgan fingerprint density at radius 2 is 1.88 bits per heavy atom. The largest absolute Gasteiger partial charge is 0.479 e. The van der Waals surface area contributed by atoms with Crippen LogP contribution < -0.4 is 10.1 Å². The fraction of sp³-hybridized carbons (Fsp3) is 0.167. The van der Waals surface area contributed by atoms with E-state index >= 15 is 0 Å².